The lowest BCUT2D eigenvalue weighted by molar-refractivity contribution is 0.558. The van der Waals surface area contributed by atoms with E-state index in [1.54, 1.807) is 6.20 Å². The maximum atomic E-state index is 6.42. The first-order valence-corrected chi connectivity index (χ1v) is 7.91. The average molecular weight is 344 g/mol. The summed E-state index contributed by atoms with van der Waals surface area (Å²) in [4.78, 5) is 1.02. The summed E-state index contributed by atoms with van der Waals surface area (Å²) < 4.78 is 6.94. The van der Waals surface area contributed by atoms with Crippen molar-refractivity contribution in [2.45, 2.75) is 45.7 Å². The van der Waals surface area contributed by atoms with E-state index in [1.807, 2.05) is 4.68 Å². The average Bonchev–Trinajstić information content (AvgIpc) is 2.96. The molecule has 0 amide bonds. The van der Waals surface area contributed by atoms with E-state index in [-0.39, 0.29) is 6.04 Å². The molecule has 7 heteroatoms. The molecule has 104 valence electrons. The normalized spacial score (nSPS) is 13.2. The summed E-state index contributed by atoms with van der Waals surface area (Å²) in [6, 6.07) is -0.235. The summed E-state index contributed by atoms with van der Waals surface area (Å²) in [5.41, 5.74) is 8.39. The molecule has 2 rings (SSSR count). The van der Waals surface area contributed by atoms with Crippen molar-refractivity contribution in [3.63, 3.8) is 0 Å². The van der Waals surface area contributed by atoms with Gasteiger partial charge in [0.1, 0.15) is 0 Å². The van der Waals surface area contributed by atoms with Crippen LogP contribution in [0.4, 0.5) is 0 Å². The van der Waals surface area contributed by atoms with Crippen molar-refractivity contribution in [2.75, 3.05) is 0 Å². The number of aryl methyl sites for hydroxylation is 1. The zero-order chi connectivity index (χ0) is 14.0. The minimum atomic E-state index is -0.235. The summed E-state index contributed by atoms with van der Waals surface area (Å²) >= 11 is 4.91. The van der Waals surface area contributed by atoms with Crippen LogP contribution in [0.25, 0.3) is 0 Å². The molecule has 0 aliphatic rings. The largest absolute Gasteiger partial charge is 0.318 e. The molecule has 0 radical (unpaired) electrons. The smallest absolute Gasteiger partial charge is 0.0863 e. The minimum absolute atomic E-state index is 0.235. The topological polar surface area (TPSA) is 69.6 Å². The van der Waals surface area contributed by atoms with Gasteiger partial charge >= 0.3 is 0 Å². The van der Waals surface area contributed by atoms with Crippen LogP contribution in [0, 0.1) is 0 Å². The van der Waals surface area contributed by atoms with Gasteiger partial charge in [-0.25, -0.2) is 0 Å². The number of nitrogens with two attached hydrogens (primary N) is 1. The molecular formula is C12H18BrN5S. The van der Waals surface area contributed by atoms with E-state index in [9.17, 15) is 0 Å². The number of nitrogens with zero attached hydrogens (tertiary/aromatic N) is 4. The van der Waals surface area contributed by atoms with Gasteiger partial charge in [0.15, 0.2) is 0 Å². The third-order valence-corrected chi connectivity index (χ3v) is 4.37. The fraction of sp³-hybridized carbons (Fsp3) is 0.583. The molecule has 2 heterocycles. The Morgan fingerprint density at radius 2 is 2.21 bits per heavy atom. The highest BCUT2D eigenvalue weighted by Gasteiger charge is 2.24. The molecule has 2 N–H and O–H groups in total. The lowest BCUT2D eigenvalue weighted by Gasteiger charge is -2.15. The van der Waals surface area contributed by atoms with Crippen molar-refractivity contribution in [1.29, 1.82) is 0 Å². The second-order valence-electron chi connectivity index (χ2n) is 4.76. The van der Waals surface area contributed by atoms with Crippen LogP contribution < -0.4 is 5.73 Å². The predicted octanol–water partition coefficient (Wildman–Crippen LogP) is 3.08. The van der Waals surface area contributed by atoms with Gasteiger partial charge in [0.25, 0.3) is 0 Å². The van der Waals surface area contributed by atoms with E-state index < -0.39 is 0 Å². The van der Waals surface area contributed by atoms with E-state index in [4.69, 9.17) is 5.73 Å². The number of hydrogen-bond donors (Lipinski definition) is 1. The monoisotopic (exact) mass is 343 g/mol. The van der Waals surface area contributed by atoms with Crippen molar-refractivity contribution < 1.29 is 0 Å². The molecule has 0 aliphatic heterocycles. The van der Waals surface area contributed by atoms with Gasteiger partial charge < -0.3 is 5.73 Å². The van der Waals surface area contributed by atoms with Crippen molar-refractivity contribution in [2.24, 2.45) is 5.73 Å². The first-order chi connectivity index (χ1) is 9.06. The molecular weight excluding hydrogens is 326 g/mol. The highest BCUT2D eigenvalue weighted by Crippen LogP contribution is 2.32. The Morgan fingerprint density at radius 1 is 1.47 bits per heavy atom. The summed E-state index contributed by atoms with van der Waals surface area (Å²) in [6.07, 6.45) is 2.82. The van der Waals surface area contributed by atoms with E-state index >= 15 is 0 Å². The van der Waals surface area contributed by atoms with Crippen LogP contribution in [0.15, 0.2) is 10.7 Å². The lowest BCUT2D eigenvalue weighted by Crippen LogP contribution is -2.18. The van der Waals surface area contributed by atoms with E-state index in [0.717, 1.165) is 33.7 Å². The van der Waals surface area contributed by atoms with Gasteiger partial charge in [-0.3, -0.25) is 4.68 Å². The zero-order valence-electron chi connectivity index (χ0n) is 11.3. The van der Waals surface area contributed by atoms with Crippen LogP contribution in [-0.2, 0) is 6.54 Å². The highest BCUT2D eigenvalue weighted by molar-refractivity contribution is 9.10. The third-order valence-electron chi connectivity index (χ3n) is 2.93. The predicted molar refractivity (Wildman–Crippen MR) is 80.2 cm³/mol. The second-order valence-corrected chi connectivity index (χ2v) is 6.40. The minimum Gasteiger partial charge on any atom is -0.318 e. The molecule has 2 aromatic rings. The van der Waals surface area contributed by atoms with Crippen molar-refractivity contribution in [1.82, 2.24) is 19.4 Å². The quantitative estimate of drug-likeness (QED) is 0.905. The Kier molecular flexibility index (Phi) is 4.70. The summed E-state index contributed by atoms with van der Waals surface area (Å²) in [7, 11) is 0. The van der Waals surface area contributed by atoms with E-state index in [2.05, 4.69) is 51.4 Å². The number of rotatable bonds is 5. The lowest BCUT2D eigenvalue weighted by atomic mass is 10.0. The van der Waals surface area contributed by atoms with Crippen LogP contribution >= 0.6 is 27.5 Å². The Balaban J connectivity index is 2.41. The summed E-state index contributed by atoms with van der Waals surface area (Å²) in [5, 5.41) is 8.56. The molecule has 5 nitrogen and oxygen atoms in total. The molecule has 0 saturated heterocycles. The fourth-order valence-corrected chi connectivity index (χ4v) is 3.37. The molecule has 0 bridgehead atoms. The van der Waals surface area contributed by atoms with Gasteiger partial charge in [-0.1, -0.05) is 25.3 Å². The maximum absolute atomic E-state index is 6.42. The molecule has 1 atom stereocenters. The van der Waals surface area contributed by atoms with E-state index in [1.165, 1.54) is 11.5 Å². The number of halogens is 1. The summed E-state index contributed by atoms with van der Waals surface area (Å²) in [6.45, 7) is 7.19. The standard InChI is InChI=1S/C12H18BrN5S/c1-4-5-18-11(8(13)6-15-18)9(14)12-10(7(2)3)16-17-19-12/h6-7,9H,4-5,14H2,1-3H3. The molecule has 0 aromatic carbocycles. The van der Waals surface area contributed by atoms with Crippen LogP contribution in [0.3, 0.4) is 0 Å². The molecule has 19 heavy (non-hydrogen) atoms. The Hall–Kier alpha value is -0.790. The molecule has 2 aromatic heterocycles. The first kappa shape index (κ1) is 14.6. The van der Waals surface area contributed by atoms with Crippen LogP contribution in [0.1, 0.15) is 55.4 Å². The molecule has 0 aliphatic carbocycles. The molecule has 0 saturated carbocycles. The number of hydrogen-bond acceptors (Lipinski definition) is 5. The van der Waals surface area contributed by atoms with Crippen LogP contribution in [0.2, 0.25) is 0 Å². The van der Waals surface area contributed by atoms with Crippen LogP contribution in [-0.4, -0.2) is 19.4 Å². The van der Waals surface area contributed by atoms with Gasteiger partial charge in [-0.15, -0.1) is 5.10 Å². The Labute approximate surface area is 125 Å². The SMILES string of the molecule is CCCn1ncc(Br)c1C(N)c1snnc1C(C)C. The molecule has 0 fully saturated rings. The molecule has 0 spiro atoms. The van der Waals surface area contributed by atoms with E-state index in [0.29, 0.717) is 5.92 Å². The van der Waals surface area contributed by atoms with Gasteiger partial charge in [-0.2, -0.15) is 5.10 Å². The van der Waals surface area contributed by atoms with Crippen molar-refractivity contribution >= 4 is 27.5 Å². The van der Waals surface area contributed by atoms with Gasteiger partial charge in [0.2, 0.25) is 0 Å². The van der Waals surface area contributed by atoms with Crippen LogP contribution in [0.5, 0.6) is 0 Å². The van der Waals surface area contributed by atoms with Gasteiger partial charge in [-0.05, 0) is 39.8 Å². The second kappa shape index (κ2) is 6.11. The Morgan fingerprint density at radius 3 is 2.84 bits per heavy atom. The van der Waals surface area contributed by atoms with Crippen molar-refractivity contribution in [3.05, 3.63) is 26.9 Å². The maximum Gasteiger partial charge on any atom is 0.0863 e. The number of aromatic nitrogens is 4. The Bertz CT molecular complexity index is 548. The zero-order valence-corrected chi connectivity index (χ0v) is 13.7. The first-order valence-electron chi connectivity index (χ1n) is 6.35. The van der Waals surface area contributed by atoms with Gasteiger partial charge in [0, 0.05) is 6.54 Å². The molecule has 1 unspecified atom stereocenters. The highest BCUT2D eigenvalue weighted by atomic mass is 79.9. The summed E-state index contributed by atoms with van der Waals surface area (Å²) in [5.74, 6) is 0.320. The van der Waals surface area contributed by atoms with Crippen molar-refractivity contribution in [3.8, 4) is 0 Å². The van der Waals surface area contributed by atoms with Gasteiger partial charge in [0.05, 0.1) is 33.0 Å². The third kappa shape index (κ3) is 2.88. The fourth-order valence-electron chi connectivity index (χ4n) is 2.02.